The SMILES string of the molecule is COc1ccc(C)cc1NC(=O)C(Sc1ncnc2c1cnn2-c1ccccc1)c1ccccc1. The average molecular weight is 482 g/mol. The molecule has 7 nitrogen and oxygen atoms in total. The van der Waals surface area contributed by atoms with Gasteiger partial charge in [-0.2, -0.15) is 5.10 Å². The van der Waals surface area contributed by atoms with E-state index in [9.17, 15) is 4.79 Å². The zero-order valence-electron chi connectivity index (χ0n) is 19.3. The lowest BCUT2D eigenvalue weighted by molar-refractivity contribution is -0.115. The molecular weight excluding hydrogens is 458 g/mol. The largest absolute Gasteiger partial charge is 0.495 e. The van der Waals surface area contributed by atoms with Crippen molar-refractivity contribution in [1.82, 2.24) is 19.7 Å². The molecule has 1 N–H and O–H groups in total. The van der Waals surface area contributed by atoms with Gasteiger partial charge in [0, 0.05) is 0 Å². The van der Waals surface area contributed by atoms with Crippen LogP contribution in [0.5, 0.6) is 5.75 Å². The van der Waals surface area contributed by atoms with Crippen LogP contribution in [-0.4, -0.2) is 32.8 Å². The van der Waals surface area contributed by atoms with Crippen LogP contribution >= 0.6 is 11.8 Å². The van der Waals surface area contributed by atoms with E-state index in [4.69, 9.17) is 4.74 Å². The smallest absolute Gasteiger partial charge is 0.242 e. The maximum absolute atomic E-state index is 13.6. The first kappa shape index (κ1) is 22.6. The van der Waals surface area contributed by atoms with E-state index < -0.39 is 5.25 Å². The summed E-state index contributed by atoms with van der Waals surface area (Å²) >= 11 is 1.37. The lowest BCUT2D eigenvalue weighted by atomic mass is 10.1. The van der Waals surface area contributed by atoms with E-state index in [1.54, 1.807) is 18.0 Å². The number of para-hydroxylation sites is 1. The van der Waals surface area contributed by atoms with Gasteiger partial charge in [-0.25, -0.2) is 14.6 Å². The third-order valence-corrected chi connectivity index (χ3v) is 6.78. The molecule has 0 aliphatic rings. The molecule has 5 aromatic rings. The molecule has 1 amide bonds. The molecule has 1 unspecified atom stereocenters. The highest BCUT2D eigenvalue weighted by atomic mass is 32.2. The van der Waals surface area contributed by atoms with Crippen molar-refractivity contribution in [1.29, 1.82) is 0 Å². The van der Waals surface area contributed by atoms with Crippen LogP contribution in [0.2, 0.25) is 0 Å². The van der Waals surface area contributed by atoms with Gasteiger partial charge in [-0.05, 0) is 42.3 Å². The number of hydrogen-bond donors (Lipinski definition) is 1. The first-order valence-corrected chi connectivity index (χ1v) is 11.9. The summed E-state index contributed by atoms with van der Waals surface area (Å²) in [4.78, 5) is 22.6. The van der Waals surface area contributed by atoms with E-state index in [2.05, 4.69) is 20.4 Å². The second-order valence-corrected chi connectivity index (χ2v) is 9.00. The van der Waals surface area contributed by atoms with Gasteiger partial charge >= 0.3 is 0 Å². The van der Waals surface area contributed by atoms with Crippen LogP contribution in [0.3, 0.4) is 0 Å². The van der Waals surface area contributed by atoms with E-state index in [1.165, 1.54) is 18.1 Å². The Morgan fingerprint density at radius 1 is 1.00 bits per heavy atom. The van der Waals surface area contributed by atoms with Gasteiger partial charge in [-0.15, -0.1) is 0 Å². The zero-order chi connectivity index (χ0) is 24.2. The highest BCUT2D eigenvalue weighted by Crippen LogP contribution is 2.39. The van der Waals surface area contributed by atoms with E-state index >= 15 is 0 Å². The van der Waals surface area contributed by atoms with Gasteiger partial charge in [0.15, 0.2) is 5.65 Å². The summed E-state index contributed by atoms with van der Waals surface area (Å²) in [7, 11) is 1.59. The molecule has 1 atom stereocenters. The van der Waals surface area contributed by atoms with Crippen LogP contribution < -0.4 is 10.1 Å². The summed E-state index contributed by atoms with van der Waals surface area (Å²) in [5.41, 5.74) is 4.10. The van der Waals surface area contributed by atoms with Crippen LogP contribution in [-0.2, 0) is 4.79 Å². The second kappa shape index (κ2) is 9.99. The van der Waals surface area contributed by atoms with Crippen molar-refractivity contribution < 1.29 is 9.53 Å². The molecule has 0 fully saturated rings. The fourth-order valence-electron chi connectivity index (χ4n) is 3.80. The number of nitrogens with one attached hydrogen (secondary N) is 1. The quantitative estimate of drug-likeness (QED) is 0.241. The number of ether oxygens (including phenoxy) is 1. The highest BCUT2D eigenvalue weighted by molar-refractivity contribution is 8.00. The van der Waals surface area contributed by atoms with Gasteiger partial charge in [-0.3, -0.25) is 4.79 Å². The van der Waals surface area contributed by atoms with Crippen LogP contribution in [0.1, 0.15) is 16.4 Å². The maximum atomic E-state index is 13.6. The Morgan fingerprint density at radius 2 is 1.74 bits per heavy atom. The molecule has 0 saturated carbocycles. The number of amides is 1. The first-order valence-electron chi connectivity index (χ1n) is 11.1. The number of anilines is 1. The monoisotopic (exact) mass is 481 g/mol. The van der Waals surface area contributed by atoms with E-state index in [0.717, 1.165) is 22.2 Å². The fourth-order valence-corrected chi connectivity index (χ4v) is 4.87. The maximum Gasteiger partial charge on any atom is 0.242 e. The molecule has 0 saturated heterocycles. The number of benzene rings is 3. The lowest BCUT2D eigenvalue weighted by Gasteiger charge is -2.18. The minimum Gasteiger partial charge on any atom is -0.495 e. The van der Waals surface area contributed by atoms with Crippen molar-refractivity contribution in [3.63, 3.8) is 0 Å². The Hall–Kier alpha value is -4.17. The number of thioether (sulfide) groups is 1. The number of methoxy groups -OCH3 is 1. The molecule has 5 rings (SSSR count). The number of carbonyl (C=O) groups is 1. The normalized spacial score (nSPS) is 11.8. The van der Waals surface area contributed by atoms with Crippen molar-refractivity contribution in [2.45, 2.75) is 17.2 Å². The summed E-state index contributed by atoms with van der Waals surface area (Å²) in [6.45, 7) is 1.97. The Morgan fingerprint density at radius 3 is 2.49 bits per heavy atom. The number of hydrogen-bond acceptors (Lipinski definition) is 6. The molecule has 0 bridgehead atoms. The topological polar surface area (TPSA) is 81.9 Å². The number of nitrogens with zero attached hydrogens (tertiary/aromatic N) is 4. The predicted molar refractivity (Wildman–Crippen MR) is 138 cm³/mol. The molecule has 3 aromatic carbocycles. The summed E-state index contributed by atoms with van der Waals surface area (Å²) in [5.74, 6) is 0.432. The van der Waals surface area contributed by atoms with Gasteiger partial charge in [0.1, 0.15) is 22.4 Å². The highest BCUT2D eigenvalue weighted by Gasteiger charge is 2.25. The second-order valence-electron chi connectivity index (χ2n) is 7.91. The lowest BCUT2D eigenvalue weighted by Crippen LogP contribution is -2.19. The van der Waals surface area contributed by atoms with Gasteiger partial charge in [0.2, 0.25) is 5.91 Å². The molecular formula is C27H23N5O2S. The standard InChI is InChI=1S/C27H23N5O2S/c1-18-13-14-23(34-2)22(15-18)31-26(33)24(19-9-5-3-6-10-19)35-27-21-16-30-32(25(21)28-17-29-27)20-11-7-4-8-12-20/h3-17,24H,1-2H3,(H,31,33). The van der Waals surface area contributed by atoms with Crippen molar-refractivity contribution in [3.05, 3.63) is 103 Å². The Kier molecular flexibility index (Phi) is 6.45. The van der Waals surface area contributed by atoms with Gasteiger partial charge < -0.3 is 10.1 Å². The summed E-state index contributed by atoms with van der Waals surface area (Å²) in [6, 6.07) is 25.2. The van der Waals surface area contributed by atoms with Gasteiger partial charge in [-0.1, -0.05) is 66.4 Å². The number of aryl methyl sites for hydroxylation is 1. The van der Waals surface area contributed by atoms with Crippen molar-refractivity contribution in [2.75, 3.05) is 12.4 Å². The predicted octanol–water partition coefficient (Wildman–Crippen LogP) is 5.60. The summed E-state index contributed by atoms with van der Waals surface area (Å²) < 4.78 is 7.23. The molecule has 0 aliphatic carbocycles. The number of fused-ring (bicyclic) bond motifs is 1. The number of rotatable bonds is 7. The fraction of sp³-hybridized carbons (Fsp3) is 0.111. The molecule has 174 valence electrons. The Balaban J connectivity index is 1.51. The molecule has 8 heteroatoms. The molecule has 2 heterocycles. The Labute approximate surface area is 207 Å². The number of carbonyl (C=O) groups excluding carboxylic acids is 1. The van der Waals surface area contributed by atoms with Crippen molar-refractivity contribution >= 4 is 34.4 Å². The molecule has 0 spiro atoms. The third kappa shape index (κ3) is 4.74. The molecule has 0 radical (unpaired) electrons. The first-order chi connectivity index (χ1) is 17.1. The van der Waals surface area contributed by atoms with Crippen LogP contribution in [0.25, 0.3) is 16.7 Å². The Bertz CT molecular complexity index is 1470. The van der Waals surface area contributed by atoms with Crippen molar-refractivity contribution in [3.8, 4) is 11.4 Å². The van der Waals surface area contributed by atoms with Gasteiger partial charge in [0.25, 0.3) is 0 Å². The number of aromatic nitrogens is 4. The van der Waals surface area contributed by atoms with Crippen LogP contribution in [0, 0.1) is 6.92 Å². The van der Waals surface area contributed by atoms with Crippen LogP contribution in [0.15, 0.2) is 96.4 Å². The minimum atomic E-state index is -0.556. The van der Waals surface area contributed by atoms with Crippen LogP contribution in [0.4, 0.5) is 5.69 Å². The third-order valence-electron chi connectivity index (χ3n) is 5.51. The van der Waals surface area contributed by atoms with E-state index in [0.29, 0.717) is 22.1 Å². The molecule has 35 heavy (non-hydrogen) atoms. The average Bonchev–Trinajstić information content (AvgIpc) is 3.33. The van der Waals surface area contributed by atoms with Gasteiger partial charge in [0.05, 0.1) is 30.1 Å². The van der Waals surface area contributed by atoms with Crippen molar-refractivity contribution in [2.24, 2.45) is 0 Å². The van der Waals surface area contributed by atoms with E-state index in [-0.39, 0.29) is 5.91 Å². The molecule has 0 aliphatic heterocycles. The summed E-state index contributed by atoms with van der Waals surface area (Å²) in [5, 5.41) is 8.49. The summed E-state index contributed by atoms with van der Waals surface area (Å²) in [6.07, 6.45) is 3.25. The minimum absolute atomic E-state index is 0.174. The zero-order valence-corrected chi connectivity index (χ0v) is 20.1. The molecule has 2 aromatic heterocycles. The van der Waals surface area contributed by atoms with E-state index in [1.807, 2.05) is 85.8 Å².